The molecule has 2 aromatic rings. The number of aromatic nitrogens is 2. The molecule has 7 nitrogen and oxygen atoms in total. The number of hydrogen-bond donors (Lipinski definition) is 1. The summed E-state index contributed by atoms with van der Waals surface area (Å²) in [6.45, 7) is 1.47. The zero-order chi connectivity index (χ0) is 15.5. The van der Waals surface area contributed by atoms with E-state index in [1.807, 2.05) is 6.07 Å². The molecule has 0 bridgehead atoms. The third kappa shape index (κ3) is 2.89. The van der Waals surface area contributed by atoms with Crippen molar-refractivity contribution in [3.05, 3.63) is 46.5 Å². The van der Waals surface area contributed by atoms with Crippen LogP contribution in [0.3, 0.4) is 0 Å². The molecule has 22 heavy (non-hydrogen) atoms. The maximum Gasteiger partial charge on any atom is 0.278 e. The molecule has 114 valence electrons. The minimum Gasteiger partial charge on any atom is -0.393 e. The summed E-state index contributed by atoms with van der Waals surface area (Å²) >= 11 is 0. The molecule has 0 radical (unpaired) electrons. The van der Waals surface area contributed by atoms with Gasteiger partial charge in [-0.25, -0.2) is 0 Å². The standard InChI is InChI=1S/C15H16N4O3/c20-11-7-9-18(10-8-11)15-6-5-13(16-17-15)12-3-1-2-4-14(12)19(21)22/h1-6,11,20H,7-10H2. The number of benzene rings is 1. The van der Waals surface area contributed by atoms with Gasteiger partial charge in [-0.15, -0.1) is 10.2 Å². The molecule has 3 rings (SSSR count). The topological polar surface area (TPSA) is 92.4 Å². The van der Waals surface area contributed by atoms with Gasteiger partial charge < -0.3 is 10.0 Å². The number of aliphatic hydroxyl groups excluding tert-OH is 1. The minimum atomic E-state index is -0.420. The van der Waals surface area contributed by atoms with Crippen molar-refractivity contribution in [1.82, 2.24) is 10.2 Å². The van der Waals surface area contributed by atoms with Crippen molar-refractivity contribution in [2.24, 2.45) is 0 Å². The highest BCUT2D eigenvalue weighted by Crippen LogP contribution is 2.28. The van der Waals surface area contributed by atoms with Crippen LogP contribution in [-0.4, -0.2) is 39.4 Å². The molecular weight excluding hydrogens is 284 g/mol. The summed E-state index contributed by atoms with van der Waals surface area (Å²) in [5, 5.41) is 28.9. The Balaban J connectivity index is 1.84. The number of aliphatic hydroxyl groups is 1. The van der Waals surface area contributed by atoms with Crippen LogP contribution in [-0.2, 0) is 0 Å². The highest BCUT2D eigenvalue weighted by molar-refractivity contribution is 5.70. The van der Waals surface area contributed by atoms with Gasteiger partial charge in [0, 0.05) is 19.2 Å². The minimum absolute atomic E-state index is 0.0191. The fourth-order valence-corrected chi connectivity index (χ4v) is 2.58. The van der Waals surface area contributed by atoms with E-state index in [1.165, 1.54) is 6.07 Å². The SMILES string of the molecule is O=[N+]([O-])c1ccccc1-c1ccc(N2CCC(O)CC2)nn1. The van der Waals surface area contributed by atoms with Gasteiger partial charge in [0.2, 0.25) is 0 Å². The van der Waals surface area contributed by atoms with Crippen LogP contribution in [0.1, 0.15) is 12.8 Å². The van der Waals surface area contributed by atoms with Crippen molar-refractivity contribution in [2.75, 3.05) is 18.0 Å². The van der Waals surface area contributed by atoms with Crippen molar-refractivity contribution < 1.29 is 10.0 Å². The highest BCUT2D eigenvalue weighted by Gasteiger charge is 2.19. The number of anilines is 1. The zero-order valence-electron chi connectivity index (χ0n) is 11.9. The highest BCUT2D eigenvalue weighted by atomic mass is 16.6. The molecule has 0 unspecified atom stereocenters. The van der Waals surface area contributed by atoms with Crippen LogP contribution in [0.15, 0.2) is 36.4 Å². The lowest BCUT2D eigenvalue weighted by Gasteiger charge is -2.30. The van der Waals surface area contributed by atoms with Gasteiger partial charge in [0.25, 0.3) is 5.69 Å². The first-order chi connectivity index (χ1) is 10.6. The van der Waals surface area contributed by atoms with Gasteiger partial charge in [0.1, 0.15) is 0 Å². The number of nitrogens with zero attached hydrogens (tertiary/aromatic N) is 4. The van der Waals surface area contributed by atoms with E-state index in [0.717, 1.165) is 18.9 Å². The van der Waals surface area contributed by atoms with Gasteiger partial charge in [0.05, 0.1) is 22.3 Å². The first-order valence-corrected chi connectivity index (χ1v) is 7.15. The second-order valence-corrected chi connectivity index (χ2v) is 5.27. The number of piperidine rings is 1. The summed E-state index contributed by atoms with van der Waals surface area (Å²) in [6.07, 6.45) is 1.19. The molecule has 1 fully saturated rings. The van der Waals surface area contributed by atoms with Gasteiger partial charge >= 0.3 is 0 Å². The largest absolute Gasteiger partial charge is 0.393 e. The Labute approximate surface area is 127 Å². The summed E-state index contributed by atoms with van der Waals surface area (Å²) in [5.74, 6) is 0.731. The zero-order valence-corrected chi connectivity index (χ0v) is 11.9. The number of hydrogen-bond acceptors (Lipinski definition) is 6. The monoisotopic (exact) mass is 300 g/mol. The van der Waals surface area contributed by atoms with Crippen molar-refractivity contribution in [2.45, 2.75) is 18.9 Å². The van der Waals surface area contributed by atoms with E-state index >= 15 is 0 Å². The summed E-state index contributed by atoms with van der Waals surface area (Å²) in [4.78, 5) is 12.7. The molecule has 1 aromatic heterocycles. The Kier molecular flexibility index (Phi) is 3.97. The fraction of sp³-hybridized carbons (Fsp3) is 0.333. The average molecular weight is 300 g/mol. The van der Waals surface area contributed by atoms with Crippen LogP contribution < -0.4 is 4.90 Å². The summed E-state index contributed by atoms with van der Waals surface area (Å²) < 4.78 is 0. The van der Waals surface area contributed by atoms with Crippen LogP contribution in [0.4, 0.5) is 11.5 Å². The van der Waals surface area contributed by atoms with E-state index in [4.69, 9.17) is 0 Å². The first kappa shape index (κ1) is 14.4. The lowest BCUT2D eigenvalue weighted by atomic mass is 10.1. The Morgan fingerprint density at radius 1 is 1.14 bits per heavy atom. The molecule has 1 aliphatic rings. The Hall–Kier alpha value is -2.54. The van der Waals surface area contributed by atoms with Crippen LogP contribution in [0, 0.1) is 10.1 Å². The predicted octanol–water partition coefficient (Wildman–Crippen LogP) is 2.01. The quantitative estimate of drug-likeness (QED) is 0.688. The van der Waals surface area contributed by atoms with Crippen molar-refractivity contribution >= 4 is 11.5 Å². The van der Waals surface area contributed by atoms with Gasteiger partial charge in [-0.05, 0) is 31.0 Å². The van der Waals surface area contributed by atoms with Crippen LogP contribution >= 0.6 is 0 Å². The third-order valence-electron chi connectivity index (χ3n) is 3.82. The van der Waals surface area contributed by atoms with Gasteiger partial charge in [-0.3, -0.25) is 10.1 Å². The molecule has 1 saturated heterocycles. The fourth-order valence-electron chi connectivity index (χ4n) is 2.58. The molecule has 0 spiro atoms. The van der Waals surface area contributed by atoms with Crippen LogP contribution in [0.5, 0.6) is 0 Å². The van der Waals surface area contributed by atoms with E-state index in [1.54, 1.807) is 24.3 Å². The van der Waals surface area contributed by atoms with Gasteiger partial charge in [-0.2, -0.15) is 0 Å². The van der Waals surface area contributed by atoms with Crippen LogP contribution in [0.25, 0.3) is 11.3 Å². The molecule has 2 heterocycles. The summed E-state index contributed by atoms with van der Waals surface area (Å²) in [5.41, 5.74) is 0.958. The Bertz CT molecular complexity index is 667. The van der Waals surface area contributed by atoms with E-state index in [-0.39, 0.29) is 11.8 Å². The van der Waals surface area contributed by atoms with Gasteiger partial charge in [-0.1, -0.05) is 12.1 Å². The normalized spacial score (nSPS) is 15.8. The molecule has 1 aromatic carbocycles. The third-order valence-corrected chi connectivity index (χ3v) is 3.82. The van der Waals surface area contributed by atoms with E-state index < -0.39 is 4.92 Å². The second-order valence-electron chi connectivity index (χ2n) is 5.27. The molecule has 1 N–H and O–H groups in total. The average Bonchev–Trinajstić information content (AvgIpc) is 2.56. The first-order valence-electron chi connectivity index (χ1n) is 7.15. The lowest BCUT2D eigenvalue weighted by molar-refractivity contribution is -0.384. The van der Waals surface area contributed by atoms with Crippen molar-refractivity contribution in [3.63, 3.8) is 0 Å². The Morgan fingerprint density at radius 2 is 1.86 bits per heavy atom. The second kappa shape index (κ2) is 6.07. The van der Waals surface area contributed by atoms with Crippen LogP contribution in [0.2, 0.25) is 0 Å². The van der Waals surface area contributed by atoms with Crippen molar-refractivity contribution in [3.8, 4) is 11.3 Å². The maximum absolute atomic E-state index is 11.1. The van der Waals surface area contributed by atoms with E-state index in [2.05, 4.69) is 15.1 Å². The Morgan fingerprint density at radius 3 is 2.50 bits per heavy atom. The van der Waals surface area contributed by atoms with Gasteiger partial charge in [0.15, 0.2) is 5.82 Å². The molecule has 0 aliphatic carbocycles. The van der Waals surface area contributed by atoms with Crippen molar-refractivity contribution in [1.29, 1.82) is 0 Å². The summed E-state index contributed by atoms with van der Waals surface area (Å²) in [7, 11) is 0. The molecule has 7 heteroatoms. The molecule has 0 atom stereocenters. The predicted molar refractivity (Wildman–Crippen MR) is 81.6 cm³/mol. The summed E-state index contributed by atoms with van der Waals surface area (Å²) in [6, 6.07) is 10.1. The van der Waals surface area contributed by atoms with E-state index in [9.17, 15) is 15.2 Å². The number of para-hydroxylation sites is 1. The number of nitro groups is 1. The number of rotatable bonds is 3. The molecule has 1 aliphatic heterocycles. The molecule has 0 amide bonds. The maximum atomic E-state index is 11.1. The smallest absolute Gasteiger partial charge is 0.278 e. The lowest BCUT2D eigenvalue weighted by Crippen LogP contribution is -2.36. The van der Waals surface area contributed by atoms with E-state index in [0.29, 0.717) is 24.1 Å². The molecule has 0 saturated carbocycles. The molecular formula is C15H16N4O3. The number of nitro benzene ring substituents is 1.